The average Bonchev–Trinajstić information content (AvgIpc) is 2.96. The molecule has 0 aliphatic carbocycles. The minimum Gasteiger partial charge on any atom is -0.449 e. The number of fused-ring (bicyclic) bond motifs is 1. The molecule has 0 fully saturated rings. The molecule has 40 heavy (non-hydrogen) atoms. The fourth-order valence-corrected chi connectivity index (χ4v) is 4.34. The van der Waals surface area contributed by atoms with Crippen LogP contribution in [0.2, 0.25) is 0 Å². The zero-order chi connectivity index (χ0) is 28.2. The highest BCUT2D eigenvalue weighted by atomic mass is 16.5. The molecule has 2 aromatic heterocycles. The first-order chi connectivity index (χ1) is 19.3. The molecule has 0 radical (unpaired) electrons. The van der Waals surface area contributed by atoms with E-state index in [2.05, 4.69) is 22.4 Å². The van der Waals surface area contributed by atoms with Gasteiger partial charge in [0.15, 0.2) is 6.10 Å². The smallest absolute Gasteiger partial charge is 0.338 e. The first kappa shape index (κ1) is 26.7. The standard InChI is InChI=1S/C33H30N4O3/c1-5-28(32(38)37-31-22(4)7-6-18-34-31)40-33(39)25-16-17-26-27(19-25)36-30(24-14-10-21(3)11-15-24)29(35-26)23-12-8-20(2)9-13-23/h6-19,28H,5H2,1-4H3,(H,34,37,38). The molecule has 0 aliphatic heterocycles. The van der Waals surface area contributed by atoms with Crippen LogP contribution in [0.1, 0.15) is 40.4 Å². The number of nitrogens with zero attached hydrogens (tertiary/aromatic N) is 3. The number of nitrogens with one attached hydrogen (secondary N) is 1. The summed E-state index contributed by atoms with van der Waals surface area (Å²) >= 11 is 0. The number of aromatic nitrogens is 3. The number of esters is 1. The summed E-state index contributed by atoms with van der Waals surface area (Å²) in [7, 11) is 0. The van der Waals surface area contributed by atoms with Crippen LogP contribution in [-0.2, 0) is 9.53 Å². The summed E-state index contributed by atoms with van der Waals surface area (Å²) in [5.41, 5.74) is 7.99. The average molecular weight is 531 g/mol. The minimum atomic E-state index is -0.970. The summed E-state index contributed by atoms with van der Waals surface area (Å²) in [5.74, 6) is -0.596. The van der Waals surface area contributed by atoms with Crippen LogP contribution in [0.4, 0.5) is 5.82 Å². The van der Waals surface area contributed by atoms with Gasteiger partial charge in [-0.3, -0.25) is 4.79 Å². The highest BCUT2D eigenvalue weighted by Gasteiger charge is 2.23. The lowest BCUT2D eigenvalue weighted by molar-refractivity contribution is -0.124. The van der Waals surface area contributed by atoms with Crippen LogP contribution >= 0.6 is 0 Å². The first-order valence-electron chi connectivity index (χ1n) is 13.2. The van der Waals surface area contributed by atoms with Gasteiger partial charge >= 0.3 is 5.97 Å². The van der Waals surface area contributed by atoms with E-state index in [0.29, 0.717) is 28.8 Å². The van der Waals surface area contributed by atoms with E-state index in [1.165, 1.54) is 0 Å². The predicted molar refractivity (Wildman–Crippen MR) is 157 cm³/mol. The highest BCUT2D eigenvalue weighted by Crippen LogP contribution is 2.32. The van der Waals surface area contributed by atoms with E-state index in [1.807, 2.05) is 63.2 Å². The van der Waals surface area contributed by atoms with Gasteiger partial charge in [0.1, 0.15) is 5.82 Å². The number of hydrogen-bond acceptors (Lipinski definition) is 6. The summed E-state index contributed by atoms with van der Waals surface area (Å²) < 4.78 is 5.61. The molecule has 5 aromatic rings. The van der Waals surface area contributed by atoms with Crippen LogP contribution in [-0.4, -0.2) is 32.9 Å². The molecule has 3 aromatic carbocycles. The Bertz CT molecular complexity index is 1700. The quantitative estimate of drug-likeness (QED) is 0.231. The second-order valence-corrected chi connectivity index (χ2v) is 9.82. The molecule has 1 N–H and O–H groups in total. The Morgan fingerprint density at radius 1 is 0.800 bits per heavy atom. The number of hydrogen-bond donors (Lipinski definition) is 1. The van der Waals surface area contributed by atoms with Crippen molar-refractivity contribution in [2.24, 2.45) is 0 Å². The predicted octanol–water partition coefficient (Wildman–Crippen LogP) is 6.86. The Hall–Kier alpha value is -4.91. The van der Waals surface area contributed by atoms with Crippen molar-refractivity contribution in [3.63, 3.8) is 0 Å². The van der Waals surface area contributed by atoms with E-state index in [9.17, 15) is 9.59 Å². The van der Waals surface area contributed by atoms with Gasteiger partial charge in [-0.15, -0.1) is 0 Å². The zero-order valence-corrected chi connectivity index (χ0v) is 22.9. The van der Waals surface area contributed by atoms with Crippen molar-refractivity contribution in [2.45, 2.75) is 40.2 Å². The molecule has 0 bridgehead atoms. The Balaban J connectivity index is 1.47. The second kappa shape index (κ2) is 11.5. The summed E-state index contributed by atoms with van der Waals surface area (Å²) in [6.45, 7) is 7.72. The third-order valence-corrected chi connectivity index (χ3v) is 6.71. The molecular formula is C33H30N4O3. The number of amides is 1. The molecule has 1 unspecified atom stereocenters. The third kappa shape index (κ3) is 5.73. The highest BCUT2D eigenvalue weighted by molar-refractivity contribution is 5.99. The SMILES string of the molecule is CCC(OC(=O)c1ccc2nc(-c3ccc(C)cc3)c(-c3ccc(C)cc3)nc2c1)C(=O)Nc1ncccc1C. The third-order valence-electron chi connectivity index (χ3n) is 6.71. The molecule has 0 spiro atoms. The van der Waals surface area contributed by atoms with E-state index in [4.69, 9.17) is 14.7 Å². The maximum Gasteiger partial charge on any atom is 0.338 e. The molecule has 2 heterocycles. The Kier molecular flexibility index (Phi) is 7.64. The summed E-state index contributed by atoms with van der Waals surface area (Å²) in [5, 5.41) is 2.75. The van der Waals surface area contributed by atoms with Crippen molar-refractivity contribution in [2.75, 3.05) is 5.32 Å². The zero-order valence-electron chi connectivity index (χ0n) is 22.9. The molecule has 0 saturated carbocycles. The largest absolute Gasteiger partial charge is 0.449 e. The normalized spacial score (nSPS) is 11.7. The van der Waals surface area contributed by atoms with Crippen molar-refractivity contribution in [3.05, 3.63) is 107 Å². The molecule has 0 saturated heterocycles. The van der Waals surface area contributed by atoms with Gasteiger partial charge in [0.2, 0.25) is 0 Å². The number of pyridine rings is 1. The maximum absolute atomic E-state index is 13.1. The monoisotopic (exact) mass is 530 g/mol. The van der Waals surface area contributed by atoms with Crippen LogP contribution in [0.15, 0.2) is 85.1 Å². The lowest BCUT2D eigenvalue weighted by Gasteiger charge is -2.17. The van der Waals surface area contributed by atoms with Gasteiger partial charge in [0.05, 0.1) is 28.0 Å². The first-order valence-corrected chi connectivity index (χ1v) is 13.2. The van der Waals surface area contributed by atoms with E-state index < -0.39 is 18.0 Å². The van der Waals surface area contributed by atoms with Crippen LogP contribution in [0.3, 0.4) is 0 Å². The van der Waals surface area contributed by atoms with Gasteiger partial charge in [-0.1, -0.05) is 72.6 Å². The number of benzene rings is 3. The van der Waals surface area contributed by atoms with Gasteiger partial charge in [-0.25, -0.2) is 19.7 Å². The lowest BCUT2D eigenvalue weighted by Crippen LogP contribution is -2.32. The number of aryl methyl sites for hydroxylation is 3. The number of carbonyl (C=O) groups excluding carboxylic acids is 2. The molecule has 7 nitrogen and oxygen atoms in total. The summed E-state index contributed by atoms with van der Waals surface area (Å²) in [6, 6.07) is 25.0. The molecule has 5 rings (SSSR count). The lowest BCUT2D eigenvalue weighted by atomic mass is 10.0. The molecule has 7 heteroatoms. The van der Waals surface area contributed by atoms with E-state index >= 15 is 0 Å². The van der Waals surface area contributed by atoms with Crippen LogP contribution in [0, 0.1) is 20.8 Å². The van der Waals surface area contributed by atoms with Crippen molar-refractivity contribution in [1.82, 2.24) is 15.0 Å². The maximum atomic E-state index is 13.1. The molecule has 1 amide bonds. The van der Waals surface area contributed by atoms with E-state index in [0.717, 1.165) is 39.2 Å². The summed E-state index contributed by atoms with van der Waals surface area (Å²) in [4.78, 5) is 40.1. The van der Waals surface area contributed by atoms with Crippen LogP contribution in [0.5, 0.6) is 0 Å². The number of rotatable bonds is 7. The van der Waals surface area contributed by atoms with E-state index in [-0.39, 0.29) is 0 Å². The van der Waals surface area contributed by atoms with E-state index in [1.54, 1.807) is 37.4 Å². The van der Waals surface area contributed by atoms with Crippen molar-refractivity contribution in [1.29, 1.82) is 0 Å². The van der Waals surface area contributed by atoms with Crippen molar-refractivity contribution >= 4 is 28.7 Å². The van der Waals surface area contributed by atoms with Crippen molar-refractivity contribution < 1.29 is 14.3 Å². The topological polar surface area (TPSA) is 94.1 Å². The number of carbonyl (C=O) groups is 2. The Labute approximate surface area is 233 Å². The van der Waals surface area contributed by atoms with Crippen LogP contribution in [0.25, 0.3) is 33.5 Å². The number of ether oxygens (including phenoxy) is 1. The van der Waals surface area contributed by atoms with Gasteiger partial charge in [-0.05, 0) is 57.0 Å². The van der Waals surface area contributed by atoms with Gasteiger partial charge in [-0.2, -0.15) is 0 Å². The molecule has 1 atom stereocenters. The molecule has 0 aliphatic rings. The minimum absolute atomic E-state index is 0.292. The Morgan fingerprint density at radius 3 is 1.98 bits per heavy atom. The summed E-state index contributed by atoms with van der Waals surface area (Å²) in [6.07, 6.45) is 0.942. The van der Waals surface area contributed by atoms with Crippen LogP contribution < -0.4 is 5.32 Å². The second-order valence-electron chi connectivity index (χ2n) is 9.82. The van der Waals surface area contributed by atoms with Gasteiger partial charge in [0, 0.05) is 17.3 Å². The Morgan fingerprint density at radius 2 is 1.40 bits per heavy atom. The van der Waals surface area contributed by atoms with Gasteiger partial charge in [0.25, 0.3) is 5.91 Å². The number of anilines is 1. The molecular weight excluding hydrogens is 500 g/mol. The fourth-order valence-electron chi connectivity index (χ4n) is 4.34. The molecule has 200 valence electrons. The fraction of sp³-hybridized carbons (Fsp3) is 0.182. The van der Waals surface area contributed by atoms with Gasteiger partial charge < -0.3 is 10.1 Å². The van der Waals surface area contributed by atoms with Crippen molar-refractivity contribution in [3.8, 4) is 22.5 Å².